The number of rotatable bonds is 6. The van der Waals surface area contributed by atoms with Crippen molar-refractivity contribution in [3.63, 3.8) is 0 Å². The molecule has 1 N–H and O–H groups in total. The zero-order valence-electron chi connectivity index (χ0n) is 12.3. The number of hydrogen-bond donors (Lipinski definition) is 1. The summed E-state index contributed by atoms with van der Waals surface area (Å²) in [6.45, 7) is -0.434. The van der Waals surface area contributed by atoms with Gasteiger partial charge in [0.25, 0.3) is 5.91 Å². The molecule has 0 unspecified atom stereocenters. The molecule has 0 aliphatic rings. The summed E-state index contributed by atoms with van der Waals surface area (Å²) < 4.78 is 16.0. The first kappa shape index (κ1) is 17.2. The van der Waals surface area contributed by atoms with Gasteiger partial charge in [-0.1, -0.05) is 17.4 Å². The number of aromatic nitrogens is 1. The van der Waals surface area contributed by atoms with Crippen LogP contribution in [0.1, 0.15) is 10.4 Å². The fraction of sp³-hybridized carbons (Fsp3) is 0.214. The van der Waals surface area contributed by atoms with Crippen molar-refractivity contribution in [2.75, 3.05) is 26.1 Å². The number of esters is 1. The predicted octanol–water partition coefficient (Wildman–Crippen LogP) is 2.72. The lowest BCUT2D eigenvalue weighted by Crippen LogP contribution is -2.21. The van der Waals surface area contributed by atoms with E-state index >= 15 is 0 Å². The third-order valence-electron chi connectivity index (χ3n) is 2.68. The van der Waals surface area contributed by atoms with Crippen LogP contribution in [-0.2, 0) is 9.53 Å². The number of thiazole rings is 1. The van der Waals surface area contributed by atoms with Crippen LogP contribution in [0.4, 0.5) is 5.13 Å². The van der Waals surface area contributed by atoms with Crippen LogP contribution < -0.4 is 14.8 Å². The molecule has 7 nitrogen and oxygen atoms in total. The van der Waals surface area contributed by atoms with E-state index in [1.165, 1.54) is 31.6 Å². The lowest BCUT2D eigenvalue weighted by molar-refractivity contribution is -0.119. The van der Waals surface area contributed by atoms with Crippen molar-refractivity contribution in [2.45, 2.75) is 0 Å². The quantitative estimate of drug-likeness (QED) is 0.750. The molecule has 0 saturated carbocycles. The van der Waals surface area contributed by atoms with Crippen molar-refractivity contribution < 1.29 is 23.8 Å². The van der Waals surface area contributed by atoms with Crippen LogP contribution in [0.15, 0.2) is 28.2 Å². The zero-order valence-corrected chi connectivity index (χ0v) is 14.7. The van der Waals surface area contributed by atoms with Crippen LogP contribution in [0.25, 0.3) is 0 Å². The van der Waals surface area contributed by atoms with Crippen LogP contribution >= 0.6 is 27.3 Å². The Balaban J connectivity index is 1.98. The van der Waals surface area contributed by atoms with Gasteiger partial charge in [0, 0.05) is 0 Å². The number of carbonyl (C=O) groups is 2. The smallest absolute Gasteiger partial charge is 0.342 e. The fourth-order valence-corrected chi connectivity index (χ4v) is 2.85. The van der Waals surface area contributed by atoms with E-state index in [0.717, 1.165) is 3.79 Å². The van der Waals surface area contributed by atoms with E-state index in [9.17, 15) is 9.59 Å². The van der Waals surface area contributed by atoms with E-state index in [-0.39, 0.29) is 11.3 Å². The molecule has 2 aromatic rings. The molecular formula is C14H13BrN2O5S. The number of carbonyl (C=O) groups excluding carboxylic acids is 2. The first-order valence-corrected chi connectivity index (χ1v) is 7.95. The Hall–Kier alpha value is -2.13. The monoisotopic (exact) mass is 400 g/mol. The highest BCUT2D eigenvalue weighted by molar-refractivity contribution is 9.11. The van der Waals surface area contributed by atoms with Gasteiger partial charge in [0.05, 0.1) is 24.2 Å². The number of para-hydroxylation sites is 1. The Labute approximate surface area is 144 Å². The second-order valence-electron chi connectivity index (χ2n) is 4.13. The Morgan fingerprint density at radius 1 is 1.30 bits per heavy atom. The van der Waals surface area contributed by atoms with Crippen molar-refractivity contribution in [3.8, 4) is 11.5 Å². The summed E-state index contributed by atoms with van der Waals surface area (Å²) >= 11 is 4.49. The average Bonchev–Trinajstić information content (AvgIpc) is 2.96. The molecule has 1 amide bonds. The van der Waals surface area contributed by atoms with Crippen molar-refractivity contribution >= 4 is 44.3 Å². The number of methoxy groups -OCH3 is 2. The van der Waals surface area contributed by atoms with E-state index in [1.807, 2.05) is 0 Å². The molecular weight excluding hydrogens is 388 g/mol. The number of nitrogens with zero attached hydrogens (tertiary/aromatic N) is 1. The van der Waals surface area contributed by atoms with Crippen LogP contribution in [0, 0.1) is 0 Å². The van der Waals surface area contributed by atoms with Gasteiger partial charge in [-0.2, -0.15) is 0 Å². The van der Waals surface area contributed by atoms with Gasteiger partial charge < -0.3 is 14.2 Å². The summed E-state index contributed by atoms with van der Waals surface area (Å²) in [7, 11) is 2.88. The highest BCUT2D eigenvalue weighted by Crippen LogP contribution is 2.31. The Morgan fingerprint density at radius 2 is 2.09 bits per heavy atom. The number of anilines is 1. The predicted molar refractivity (Wildman–Crippen MR) is 88.3 cm³/mol. The minimum Gasteiger partial charge on any atom is -0.493 e. The number of halogens is 1. The van der Waals surface area contributed by atoms with Gasteiger partial charge in [0.2, 0.25) is 0 Å². The molecule has 0 aliphatic heterocycles. The summed E-state index contributed by atoms with van der Waals surface area (Å²) in [5, 5.41) is 2.94. The third-order valence-corrected chi connectivity index (χ3v) is 4.07. The summed E-state index contributed by atoms with van der Waals surface area (Å²) in [6, 6.07) is 4.81. The molecule has 1 aromatic carbocycles. The van der Waals surface area contributed by atoms with E-state index in [2.05, 4.69) is 26.2 Å². The molecule has 9 heteroatoms. The normalized spacial score (nSPS) is 10.0. The van der Waals surface area contributed by atoms with Crippen LogP contribution in [0.3, 0.4) is 0 Å². The molecule has 0 bridgehead atoms. The molecule has 2 rings (SSSR count). The SMILES string of the molecule is COc1cccc(C(=O)OCC(=O)Nc2ncc(Br)s2)c1OC. The lowest BCUT2D eigenvalue weighted by Gasteiger charge is -2.11. The standard InChI is InChI=1S/C14H13BrN2O5S/c1-20-9-5-3-4-8(12(9)21-2)13(19)22-7-11(18)17-14-16-6-10(15)23-14/h3-6H,7H2,1-2H3,(H,16,17,18). The molecule has 0 spiro atoms. The van der Waals surface area contributed by atoms with Gasteiger partial charge in [-0.25, -0.2) is 9.78 Å². The number of ether oxygens (including phenoxy) is 3. The number of hydrogen-bond acceptors (Lipinski definition) is 7. The van der Waals surface area contributed by atoms with E-state index in [1.54, 1.807) is 18.3 Å². The summed E-state index contributed by atoms with van der Waals surface area (Å²) in [4.78, 5) is 27.8. The first-order valence-electron chi connectivity index (χ1n) is 6.34. The molecule has 0 aliphatic carbocycles. The summed E-state index contributed by atoms with van der Waals surface area (Å²) in [6.07, 6.45) is 1.56. The van der Waals surface area contributed by atoms with Gasteiger partial charge in [0.1, 0.15) is 5.56 Å². The Bertz CT molecular complexity index is 719. The molecule has 0 radical (unpaired) electrons. The minimum atomic E-state index is -0.684. The van der Waals surface area contributed by atoms with Gasteiger partial charge in [0.15, 0.2) is 23.2 Å². The average molecular weight is 401 g/mol. The summed E-state index contributed by atoms with van der Waals surface area (Å²) in [5.74, 6) is -0.512. The third kappa shape index (κ3) is 4.42. The zero-order chi connectivity index (χ0) is 16.8. The van der Waals surface area contributed by atoms with Crippen LogP contribution in [-0.4, -0.2) is 37.7 Å². The van der Waals surface area contributed by atoms with Crippen LogP contribution in [0.5, 0.6) is 11.5 Å². The maximum atomic E-state index is 12.1. The fourth-order valence-electron chi connectivity index (χ4n) is 1.72. The van der Waals surface area contributed by atoms with Gasteiger partial charge in [-0.3, -0.25) is 10.1 Å². The molecule has 0 saturated heterocycles. The number of benzene rings is 1. The van der Waals surface area contributed by atoms with E-state index in [0.29, 0.717) is 10.9 Å². The largest absolute Gasteiger partial charge is 0.493 e. The highest BCUT2D eigenvalue weighted by atomic mass is 79.9. The van der Waals surface area contributed by atoms with Gasteiger partial charge in [-0.15, -0.1) is 0 Å². The maximum Gasteiger partial charge on any atom is 0.342 e. The van der Waals surface area contributed by atoms with Crippen molar-refractivity contribution in [1.29, 1.82) is 0 Å². The van der Waals surface area contributed by atoms with Crippen molar-refractivity contribution in [3.05, 3.63) is 33.7 Å². The van der Waals surface area contributed by atoms with E-state index < -0.39 is 18.5 Å². The lowest BCUT2D eigenvalue weighted by atomic mass is 10.2. The molecule has 0 atom stereocenters. The molecule has 0 fully saturated rings. The van der Waals surface area contributed by atoms with Gasteiger partial charge >= 0.3 is 5.97 Å². The van der Waals surface area contributed by atoms with Crippen LogP contribution in [0.2, 0.25) is 0 Å². The van der Waals surface area contributed by atoms with E-state index in [4.69, 9.17) is 14.2 Å². The topological polar surface area (TPSA) is 86.8 Å². The second kappa shape index (κ2) is 7.93. The van der Waals surface area contributed by atoms with Gasteiger partial charge in [-0.05, 0) is 28.1 Å². The minimum absolute atomic E-state index is 0.177. The molecule has 122 valence electrons. The number of nitrogens with one attached hydrogen (secondary N) is 1. The molecule has 1 aromatic heterocycles. The molecule has 23 heavy (non-hydrogen) atoms. The molecule has 1 heterocycles. The second-order valence-corrected chi connectivity index (χ2v) is 6.54. The maximum absolute atomic E-state index is 12.1. The van der Waals surface area contributed by atoms with Crippen molar-refractivity contribution in [2.24, 2.45) is 0 Å². The highest BCUT2D eigenvalue weighted by Gasteiger charge is 2.18. The first-order chi connectivity index (χ1) is 11.0. The number of amides is 1. The Morgan fingerprint density at radius 3 is 2.70 bits per heavy atom. The summed E-state index contributed by atoms with van der Waals surface area (Å²) in [5.41, 5.74) is 0.177. The Kier molecular flexibility index (Phi) is 5.94. The van der Waals surface area contributed by atoms with Crippen molar-refractivity contribution in [1.82, 2.24) is 4.98 Å².